The Morgan fingerprint density at radius 3 is 2.58 bits per heavy atom. The van der Waals surface area contributed by atoms with Gasteiger partial charge in [0.15, 0.2) is 0 Å². The number of fused-ring (bicyclic) bond motifs is 1. The lowest BCUT2D eigenvalue weighted by molar-refractivity contribution is -0.146. The molecule has 1 aromatic rings. The summed E-state index contributed by atoms with van der Waals surface area (Å²) >= 11 is 0. The summed E-state index contributed by atoms with van der Waals surface area (Å²) in [6, 6.07) is 8.44. The minimum Gasteiger partial charge on any atom is -0.396 e. The monoisotopic (exact) mass is 499 g/mol. The molecule has 8 nitrogen and oxygen atoms in total. The second kappa shape index (κ2) is 10.5. The first-order valence-electron chi connectivity index (χ1n) is 13.5. The van der Waals surface area contributed by atoms with Gasteiger partial charge in [0.05, 0.1) is 17.4 Å². The molecule has 3 saturated heterocycles. The second-order valence-electron chi connectivity index (χ2n) is 11.1. The number of ether oxygens (including phenoxy) is 1. The molecular weight excluding hydrogens is 458 g/mol. The largest absolute Gasteiger partial charge is 0.396 e. The highest BCUT2D eigenvalue weighted by atomic mass is 16.5. The molecule has 198 valence electrons. The minimum absolute atomic E-state index is 0.00535. The number of rotatable bonds is 11. The number of carbonyl (C=O) groups excluding carboxylic acids is 3. The molecule has 3 amide bonds. The summed E-state index contributed by atoms with van der Waals surface area (Å²) in [7, 11) is 0. The van der Waals surface area contributed by atoms with Gasteiger partial charge < -0.3 is 25.4 Å². The van der Waals surface area contributed by atoms with Gasteiger partial charge in [0.1, 0.15) is 11.6 Å². The number of hydrogen-bond donors (Lipinski definition) is 3. The Labute approximate surface area is 214 Å². The molecular formula is C28H41N3O5. The maximum Gasteiger partial charge on any atom is 0.246 e. The van der Waals surface area contributed by atoms with E-state index in [1.165, 1.54) is 0 Å². The van der Waals surface area contributed by atoms with Crippen LogP contribution < -0.4 is 10.6 Å². The molecule has 8 heteroatoms. The Hall–Kier alpha value is -2.45. The normalized spacial score (nSPS) is 33.5. The van der Waals surface area contributed by atoms with Gasteiger partial charge in [-0.15, -0.1) is 0 Å². The fraction of sp³-hybridized carbons (Fsp3) is 0.679. The van der Waals surface area contributed by atoms with Gasteiger partial charge in [0.25, 0.3) is 0 Å². The Balaban J connectivity index is 1.68. The van der Waals surface area contributed by atoms with Crippen molar-refractivity contribution in [2.75, 3.05) is 18.5 Å². The molecule has 7 atom stereocenters. The van der Waals surface area contributed by atoms with E-state index in [4.69, 9.17) is 4.74 Å². The summed E-state index contributed by atoms with van der Waals surface area (Å²) in [5.41, 5.74) is -1.20. The summed E-state index contributed by atoms with van der Waals surface area (Å²) in [5, 5.41) is 15.3. The molecule has 0 radical (unpaired) electrons. The zero-order chi connectivity index (χ0) is 26.1. The van der Waals surface area contributed by atoms with E-state index in [2.05, 4.69) is 24.5 Å². The summed E-state index contributed by atoms with van der Waals surface area (Å²) in [4.78, 5) is 43.1. The smallest absolute Gasteiger partial charge is 0.246 e. The van der Waals surface area contributed by atoms with E-state index >= 15 is 0 Å². The molecule has 3 aliphatic rings. The lowest BCUT2D eigenvalue weighted by Gasteiger charge is -2.36. The van der Waals surface area contributed by atoms with Crippen molar-refractivity contribution in [3.8, 4) is 0 Å². The number of likely N-dealkylation sites (tertiary alicyclic amines) is 1. The van der Waals surface area contributed by atoms with Crippen LogP contribution in [0.4, 0.5) is 5.69 Å². The van der Waals surface area contributed by atoms with Crippen molar-refractivity contribution in [2.45, 2.75) is 89.5 Å². The van der Waals surface area contributed by atoms with Gasteiger partial charge in [-0.25, -0.2) is 0 Å². The van der Waals surface area contributed by atoms with Crippen LogP contribution in [0, 0.1) is 17.8 Å². The van der Waals surface area contributed by atoms with Crippen LogP contribution in [-0.2, 0) is 19.1 Å². The number of para-hydroxylation sites is 1. The van der Waals surface area contributed by atoms with Crippen molar-refractivity contribution < 1.29 is 24.2 Å². The predicted octanol–water partition coefficient (Wildman–Crippen LogP) is 3.10. The maximum absolute atomic E-state index is 14.0. The van der Waals surface area contributed by atoms with Crippen LogP contribution in [-0.4, -0.2) is 64.2 Å². The number of nitrogens with zero attached hydrogens (tertiary/aromatic N) is 1. The zero-order valence-corrected chi connectivity index (χ0v) is 22.0. The number of amides is 3. The number of hydrogen-bond acceptors (Lipinski definition) is 5. The van der Waals surface area contributed by atoms with Crippen LogP contribution in [0.3, 0.4) is 0 Å². The number of anilines is 1. The quantitative estimate of drug-likeness (QED) is 0.406. The third-order valence-corrected chi connectivity index (χ3v) is 8.55. The Morgan fingerprint density at radius 2 is 1.92 bits per heavy atom. The molecule has 1 aromatic carbocycles. The first-order valence-corrected chi connectivity index (χ1v) is 13.5. The lowest BCUT2D eigenvalue weighted by Crippen LogP contribution is -2.57. The molecule has 4 rings (SSSR count). The van der Waals surface area contributed by atoms with E-state index in [1.54, 1.807) is 4.90 Å². The summed E-state index contributed by atoms with van der Waals surface area (Å²) in [6.07, 6.45) is 4.42. The van der Waals surface area contributed by atoms with Crippen LogP contribution in [0.15, 0.2) is 30.3 Å². The van der Waals surface area contributed by atoms with Gasteiger partial charge in [0.2, 0.25) is 17.7 Å². The third-order valence-electron chi connectivity index (χ3n) is 8.55. The highest BCUT2D eigenvalue weighted by molar-refractivity contribution is 6.02. The van der Waals surface area contributed by atoms with Crippen LogP contribution in [0.1, 0.15) is 66.2 Å². The fourth-order valence-electron chi connectivity index (χ4n) is 6.82. The average Bonchev–Trinajstić information content (AvgIpc) is 3.34. The second-order valence-corrected chi connectivity index (χ2v) is 11.1. The molecule has 1 spiro atoms. The standard InChI is InChI=1S/C28H41N3O5/c1-5-12-19(3)29-25(34)23-28-17-18(2)27(4,36-28)21(24(33)30-20-13-8-6-9-14-20)22(28)26(35)31(23)15-10-7-11-16-32/h6,8-9,13-14,18-19,21-23,32H,5,7,10-12,15-17H2,1-4H3,(H,29,34)(H,30,33)/t18?,19?,21-,22+,23?,27+,28?/m1/s1. The minimum atomic E-state index is -1.03. The number of aliphatic hydroxyl groups is 1. The van der Waals surface area contributed by atoms with E-state index in [0.29, 0.717) is 31.5 Å². The van der Waals surface area contributed by atoms with Crippen molar-refractivity contribution in [1.29, 1.82) is 0 Å². The van der Waals surface area contributed by atoms with E-state index < -0.39 is 29.1 Å². The topological polar surface area (TPSA) is 108 Å². The van der Waals surface area contributed by atoms with Crippen molar-refractivity contribution in [2.24, 2.45) is 17.8 Å². The number of aliphatic hydroxyl groups excluding tert-OH is 1. The average molecular weight is 500 g/mol. The Morgan fingerprint density at radius 1 is 1.19 bits per heavy atom. The van der Waals surface area contributed by atoms with Crippen molar-refractivity contribution >= 4 is 23.4 Å². The van der Waals surface area contributed by atoms with Gasteiger partial charge in [-0.1, -0.05) is 38.5 Å². The van der Waals surface area contributed by atoms with Gasteiger partial charge in [-0.2, -0.15) is 0 Å². The summed E-state index contributed by atoms with van der Waals surface area (Å²) < 4.78 is 6.73. The van der Waals surface area contributed by atoms with Crippen LogP contribution >= 0.6 is 0 Å². The van der Waals surface area contributed by atoms with Crippen molar-refractivity contribution in [1.82, 2.24) is 10.2 Å². The number of carbonyl (C=O) groups is 3. The number of nitrogens with one attached hydrogen (secondary N) is 2. The first-order chi connectivity index (χ1) is 17.2. The van der Waals surface area contributed by atoms with Crippen LogP contribution in [0.25, 0.3) is 0 Å². The molecule has 0 saturated carbocycles. The first kappa shape index (κ1) is 26.6. The summed E-state index contributed by atoms with van der Waals surface area (Å²) in [5.74, 6) is -2.01. The molecule has 0 aliphatic carbocycles. The molecule has 3 fully saturated rings. The molecule has 0 aromatic heterocycles. The number of benzene rings is 1. The molecule has 36 heavy (non-hydrogen) atoms. The van der Waals surface area contributed by atoms with Gasteiger partial charge >= 0.3 is 0 Å². The third kappa shape index (κ3) is 4.43. The van der Waals surface area contributed by atoms with E-state index in [0.717, 1.165) is 19.3 Å². The van der Waals surface area contributed by atoms with Crippen molar-refractivity contribution in [3.63, 3.8) is 0 Å². The highest BCUT2D eigenvalue weighted by Gasteiger charge is 2.79. The fourth-order valence-corrected chi connectivity index (χ4v) is 6.82. The van der Waals surface area contributed by atoms with Crippen LogP contribution in [0.5, 0.6) is 0 Å². The lowest BCUT2D eigenvalue weighted by atomic mass is 9.62. The van der Waals surface area contributed by atoms with E-state index in [9.17, 15) is 19.5 Å². The predicted molar refractivity (Wildman–Crippen MR) is 137 cm³/mol. The maximum atomic E-state index is 14.0. The van der Waals surface area contributed by atoms with Crippen LogP contribution in [0.2, 0.25) is 0 Å². The van der Waals surface area contributed by atoms with E-state index in [-0.39, 0.29) is 36.3 Å². The van der Waals surface area contributed by atoms with Gasteiger partial charge in [-0.3, -0.25) is 14.4 Å². The Kier molecular flexibility index (Phi) is 7.76. The number of unbranched alkanes of at least 4 members (excludes halogenated alkanes) is 2. The van der Waals surface area contributed by atoms with Gasteiger partial charge in [-0.05, 0) is 64.0 Å². The molecule has 2 bridgehead atoms. The summed E-state index contributed by atoms with van der Waals surface area (Å²) in [6.45, 7) is 8.53. The SMILES string of the molecule is CCCC(C)NC(=O)C1N(CCCCCO)C(=O)[C@@H]2[C@H](C(=O)Nc3ccccc3)[C@@]3(C)OC12CC3C. The highest BCUT2D eigenvalue weighted by Crippen LogP contribution is 2.65. The molecule has 3 aliphatic heterocycles. The Bertz CT molecular complexity index is 971. The molecule has 4 unspecified atom stereocenters. The van der Waals surface area contributed by atoms with Gasteiger partial charge in [0, 0.05) is 24.9 Å². The van der Waals surface area contributed by atoms with E-state index in [1.807, 2.05) is 44.2 Å². The zero-order valence-electron chi connectivity index (χ0n) is 22.0. The molecule has 3 heterocycles. The van der Waals surface area contributed by atoms with Crippen molar-refractivity contribution in [3.05, 3.63) is 30.3 Å². The molecule has 3 N–H and O–H groups in total.